The number of ether oxygens (including phenoxy) is 1. The molecule has 1 aromatic rings. The van der Waals surface area contributed by atoms with E-state index < -0.39 is 0 Å². The van der Waals surface area contributed by atoms with Crippen molar-refractivity contribution in [2.24, 2.45) is 5.92 Å². The van der Waals surface area contributed by atoms with E-state index in [0.717, 1.165) is 19.4 Å². The molecule has 1 fully saturated rings. The fraction of sp³-hybridized carbons (Fsp3) is 0.692. The summed E-state index contributed by atoms with van der Waals surface area (Å²) in [7, 11) is 2.07. The van der Waals surface area contributed by atoms with Gasteiger partial charge in [0.15, 0.2) is 0 Å². The summed E-state index contributed by atoms with van der Waals surface area (Å²) in [6, 6.07) is 2.76. The summed E-state index contributed by atoms with van der Waals surface area (Å²) < 4.78 is 6.99. The second kappa shape index (κ2) is 6.32. The Kier molecular flexibility index (Phi) is 5.03. The number of thiophene rings is 1. The maximum Gasteiger partial charge on any atom is 0.0616 e. The molecule has 0 spiro atoms. The molecule has 1 saturated heterocycles. The van der Waals surface area contributed by atoms with Gasteiger partial charge in [0.25, 0.3) is 0 Å². The van der Waals surface area contributed by atoms with Gasteiger partial charge < -0.3 is 10.1 Å². The van der Waals surface area contributed by atoms with Gasteiger partial charge in [0.1, 0.15) is 0 Å². The molecule has 3 atom stereocenters. The van der Waals surface area contributed by atoms with Crippen molar-refractivity contribution in [3.63, 3.8) is 0 Å². The molecule has 1 aliphatic rings. The van der Waals surface area contributed by atoms with Crippen LogP contribution in [0.3, 0.4) is 0 Å². The van der Waals surface area contributed by atoms with Crippen LogP contribution in [0.2, 0.25) is 0 Å². The number of rotatable bonds is 5. The van der Waals surface area contributed by atoms with Gasteiger partial charge >= 0.3 is 0 Å². The number of likely N-dealkylation sites (N-methyl/N-ethyl adjacent to an activating group) is 1. The van der Waals surface area contributed by atoms with Crippen molar-refractivity contribution in [3.8, 4) is 0 Å². The second-order valence-corrected chi connectivity index (χ2v) is 6.51. The maximum atomic E-state index is 5.79. The fourth-order valence-electron chi connectivity index (χ4n) is 2.69. The molecule has 4 heteroatoms. The van der Waals surface area contributed by atoms with Crippen LogP contribution in [0.1, 0.15) is 24.6 Å². The van der Waals surface area contributed by atoms with E-state index in [1.807, 2.05) is 11.3 Å². The van der Waals surface area contributed by atoms with Crippen LogP contribution in [0, 0.1) is 5.92 Å². The van der Waals surface area contributed by atoms with Gasteiger partial charge in [0.2, 0.25) is 0 Å². The first-order chi connectivity index (χ1) is 8.24. The zero-order valence-electron chi connectivity index (χ0n) is 10.4. The van der Waals surface area contributed by atoms with Gasteiger partial charge in [-0.05, 0) is 48.3 Å². The minimum atomic E-state index is 0.441. The maximum absolute atomic E-state index is 5.79. The molecule has 96 valence electrons. The van der Waals surface area contributed by atoms with E-state index >= 15 is 0 Å². The highest BCUT2D eigenvalue weighted by atomic mass is 79.9. The average Bonchev–Trinajstić information content (AvgIpc) is 2.94. The highest BCUT2D eigenvalue weighted by molar-refractivity contribution is 9.10. The van der Waals surface area contributed by atoms with E-state index in [2.05, 4.69) is 46.7 Å². The third-order valence-corrected chi connectivity index (χ3v) is 5.31. The molecule has 3 unspecified atom stereocenters. The molecule has 2 heterocycles. The molecular formula is C13H20BrNOS. The molecule has 0 aromatic carbocycles. The highest BCUT2D eigenvalue weighted by Gasteiger charge is 2.32. The van der Waals surface area contributed by atoms with Crippen LogP contribution in [0.25, 0.3) is 0 Å². The Bertz CT molecular complexity index is 355. The quantitative estimate of drug-likeness (QED) is 0.898. The molecule has 2 nitrogen and oxygen atoms in total. The summed E-state index contributed by atoms with van der Waals surface area (Å²) in [6.45, 7) is 3.15. The normalized spacial score (nSPS) is 26.3. The summed E-state index contributed by atoms with van der Waals surface area (Å²) in [5, 5.41) is 5.63. The summed E-state index contributed by atoms with van der Waals surface area (Å²) in [6.07, 6.45) is 3.86. The molecule has 1 aliphatic heterocycles. The van der Waals surface area contributed by atoms with Crippen LogP contribution in [-0.4, -0.2) is 25.8 Å². The van der Waals surface area contributed by atoms with Crippen molar-refractivity contribution in [3.05, 3.63) is 20.8 Å². The van der Waals surface area contributed by atoms with Gasteiger partial charge in [-0.15, -0.1) is 11.3 Å². The lowest BCUT2D eigenvalue weighted by Gasteiger charge is -2.26. The zero-order chi connectivity index (χ0) is 12.3. The molecule has 1 aromatic heterocycles. The summed E-state index contributed by atoms with van der Waals surface area (Å²) in [5.74, 6) is 0.658. The molecule has 2 rings (SSSR count). The third-order valence-electron chi connectivity index (χ3n) is 3.59. The van der Waals surface area contributed by atoms with E-state index in [9.17, 15) is 0 Å². The predicted molar refractivity (Wildman–Crippen MR) is 76.7 cm³/mol. The van der Waals surface area contributed by atoms with Crippen molar-refractivity contribution < 1.29 is 4.74 Å². The van der Waals surface area contributed by atoms with Gasteiger partial charge in [-0.3, -0.25) is 0 Å². The number of halogens is 1. The lowest BCUT2D eigenvalue weighted by Crippen LogP contribution is -2.39. The Morgan fingerprint density at radius 3 is 3.06 bits per heavy atom. The Hall–Kier alpha value is 0.1000. The van der Waals surface area contributed by atoms with Gasteiger partial charge in [0, 0.05) is 33.3 Å². The van der Waals surface area contributed by atoms with Crippen LogP contribution in [0.5, 0.6) is 0 Å². The van der Waals surface area contributed by atoms with Crippen molar-refractivity contribution >= 4 is 27.3 Å². The van der Waals surface area contributed by atoms with Gasteiger partial charge in [-0.25, -0.2) is 0 Å². The first kappa shape index (κ1) is 13.5. The van der Waals surface area contributed by atoms with E-state index in [0.29, 0.717) is 18.1 Å². The summed E-state index contributed by atoms with van der Waals surface area (Å²) >= 11 is 5.35. The Morgan fingerprint density at radius 1 is 1.65 bits per heavy atom. The van der Waals surface area contributed by atoms with E-state index in [1.54, 1.807) is 0 Å². The van der Waals surface area contributed by atoms with E-state index in [4.69, 9.17) is 4.74 Å². The lowest BCUT2D eigenvalue weighted by molar-refractivity contribution is 0.0784. The molecule has 1 N–H and O–H groups in total. The van der Waals surface area contributed by atoms with Crippen molar-refractivity contribution in [2.75, 3.05) is 13.7 Å². The van der Waals surface area contributed by atoms with Gasteiger partial charge in [-0.1, -0.05) is 6.92 Å². The molecule has 0 bridgehead atoms. The molecule has 0 aliphatic carbocycles. The van der Waals surface area contributed by atoms with Crippen LogP contribution in [0.15, 0.2) is 15.9 Å². The first-order valence-corrected chi connectivity index (χ1v) is 7.93. The Balaban J connectivity index is 2.00. The monoisotopic (exact) mass is 317 g/mol. The Labute approximate surface area is 116 Å². The number of hydrogen-bond acceptors (Lipinski definition) is 3. The van der Waals surface area contributed by atoms with Crippen molar-refractivity contribution in [2.45, 2.75) is 38.3 Å². The number of hydrogen-bond donors (Lipinski definition) is 1. The summed E-state index contributed by atoms with van der Waals surface area (Å²) in [5.41, 5.74) is 0. The molecule has 0 amide bonds. The molecule has 17 heavy (non-hydrogen) atoms. The lowest BCUT2D eigenvalue weighted by atomic mass is 9.89. The predicted octanol–water partition coefficient (Wildman–Crippen LogP) is 3.46. The van der Waals surface area contributed by atoms with E-state index in [1.165, 1.54) is 15.8 Å². The Morgan fingerprint density at radius 2 is 2.47 bits per heavy atom. The third kappa shape index (κ3) is 3.31. The smallest absolute Gasteiger partial charge is 0.0616 e. The number of nitrogens with one attached hydrogen (secondary N) is 1. The van der Waals surface area contributed by atoms with Crippen LogP contribution < -0.4 is 5.32 Å². The average molecular weight is 318 g/mol. The van der Waals surface area contributed by atoms with Crippen LogP contribution in [0.4, 0.5) is 0 Å². The second-order valence-electron chi connectivity index (χ2n) is 4.60. The highest BCUT2D eigenvalue weighted by Crippen LogP contribution is 2.30. The molecule has 0 saturated carbocycles. The zero-order valence-corrected chi connectivity index (χ0v) is 12.8. The molecular weight excluding hydrogens is 298 g/mol. The van der Waals surface area contributed by atoms with Crippen molar-refractivity contribution in [1.82, 2.24) is 5.32 Å². The van der Waals surface area contributed by atoms with Crippen LogP contribution in [-0.2, 0) is 11.2 Å². The summed E-state index contributed by atoms with van der Waals surface area (Å²) in [4.78, 5) is 1.44. The molecule has 0 radical (unpaired) electrons. The minimum Gasteiger partial charge on any atom is -0.378 e. The van der Waals surface area contributed by atoms with E-state index in [-0.39, 0.29) is 0 Å². The SMILES string of the molecule is CCC1OCCC1C(Cc1cc(Br)cs1)NC. The van der Waals surface area contributed by atoms with Gasteiger partial charge in [0.05, 0.1) is 6.10 Å². The van der Waals surface area contributed by atoms with Gasteiger partial charge in [-0.2, -0.15) is 0 Å². The van der Waals surface area contributed by atoms with Crippen LogP contribution >= 0.6 is 27.3 Å². The van der Waals surface area contributed by atoms with Crippen molar-refractivity contribution in [1.29, 1.82) is 0 Å². The largest absolute Gasteiger partial charge is 0.378 e. The minimum absolute atomic E-state index is 0.441. The topological polar surface area (TPSA) is 21.3 Å². The standard InChI is InChI=1S/C13H20BrNOS/c1-3-13-11(4-5-16-13)12(15-2)7-10-6-9(14)8-17-10/h6,8,11-13,15H,3-5,7H2,1-2H3. The first-order valence-electron chi connectivity index (χ1n) is 6.26. The fourth-order valence-corrected chi connectivity index (χ4v) is 4.20.